The van der Waals surface area contributed by atoms with Crippen molar-refractivity contribution in [2.75, 3.05) is 0 Å². The molecule has 0 fully saturated rings. The van der Waals surface area contributed by atoms with Crippen LogP contribution in [0.2, 0.25) is 0 Å². The predicted octanol–water partition coefficient (Wildman–Crippen LogP) is 14.8. The van der Waals surface area contributed by atoms with E-state index >= 15 is 0 Å². The van der Waals surface area contributed by atoms with Crippen LogP contribution in [0.4, 0.5) is 0 Å². The van der Waals surface area contributed by atoms with Gasteiger partial charge in [0.1, 0.15) is 0 Å². The lowest BCUT2D eigenvalue weighted by atomic mass is 9.70. The summed E-state index contributed by atoms with van der Waals surface area (Å²) in [5.41, 5.74) is 18.1. The molecule has 1 spiro atoms. The summed E-state index contributed by atoms with van der Waals surface area (Å²) in [4.78, 5) is 15.4. The molecule has 2 aliphatic rings. The maximum absolute atomic E-state index is 9.64. The van der Waals surface area contributed by atoms with E-state index in [9.17, 15) is 5.26 Å². The summed E-state index contributed by atoms with van der Waals surface area (Å²) in [7, 11) is 0. The van der Waals surface area contributed by atoms with Crippen molar-refractivity contribution in [2.45, 2.75) is 5.41 Å². The van der Waals surface area contributed by atoms with Crippen molar-refractivity contribution >= 4 is 31.5 Å². The zero-order chi connectivity index (χ0) is 42.4. The Labute approximate surface area is 374 Å². The van der Waals surface area contributed by atoms with Gasteiger partial charge in [-0.15, -0.1) is 11.3 Å². The zero-order valence-corrected chi connectivity index (χ0v) is 35.1. The Morgan fingerprint density at radius 3 is 1.53 bits per heavy atom. The number of nitriles is 1. The van der Waals surface area contributed by atoms with Gasteiger partial charge in [0.25, 0.3) is 0 Å². The summed E-state index contributed by atoms with van der Waals surface area (Å²) in [6.07, 6.45) is 0. The van der Waals surface area contributed by atoms with E-state index in [-0.39, 0.29) is 5.41 Å². The number of hydrogen-bond donors (Lipinski definition) is 0. The highest BCUT2D eigenvalue weighted by atomic mass is 32.1. The van der Waals surface area contributed by atoms with Crippen LogP contribution in [0.5, 0.6) is 0 Å². The zero-order valence-electron chi connectivity index (χ0n) is 34.3. The third-order valence-electron chi connectivity index (χ3n) is 13.2. The second-order valence-electron chi connectivity index (χ2n) is 16.6. The minimum Gasteiger partial charge on any atom is -0.208 e. The lowest BCUT2D eigenvalue weighted by Gasteiger charge is -2.30. The fourth-order valence-corrected chi connectivity index (χ4v) is 11.6. The Morgan fingerprint density at radius 1 is 0.359 bits per heavy atom. The molecule has 64 heavy (non-hydrogen) atoms. The van der Waals surface area contributed by atoms with E-state index in [1.165, 1.54) is 50.1 Å². The van der Waals surface area contributed by atoms with Gasteiger partial charge in [-0.05, 0) is 109 Å². The molecule has 0 radical (unpaired) electrons. The van der Waals surface area contributed by atoms with E-state index in [1.54, 1.807) is 11.3 Å². The molecule has 2 aromatic heterocycles. The van der Waals surface area contributed by atoms with Crippen LogP contribution in [0.25, 0.3) is 98.8 Å². The van der Waals surface area contributed by atoms with Crippen LogP contribution in [0, 0.1) is 11.3 Å². The van der Waals surface area contributed by atoms with Crippen molar-refractivity contribution in [2.24, 2.45) is 0 Å². The van der Waals surface area contributed by atoms with Crippen LogP contribution in [0.15, 0.2) is 206 Å². The molecule has 2 heterocycles. The molecule has 296 valence electrons. The second-order valence-corrected chi connectivity index (χ2v) is 17.6. The first-order chi connectivity index (χ1) is 31.7. The molecule has 0 unspecified atom stereocenters. The highest BCUT2D eigenvalue weighted by Gasteiger charge is 2.51. The molecule has 4 nitrogen and oxygen atoms in total. The van der Waals surface area contributed by atoms with Gasteiger partial charge in [-0.25, -0.2) is 15.0 Å². The summed E-state index contributed by atoms with van der Waals surface area (Å²) in [5.74, 6) is 1.83. The fourth-order valence-electron chi connectivity index (χ4n) is 10.4. The van der Waals surface area contributed by atoms with E-state index in [1.807, 2.05) is 54.6 Å². The Kier molecular flexibility index (Phi) is 8.02. The third-order valence-corrected chi connectivity index (χ3v) is 14.4. The molecule has 13 rings (SSSR count). The van der Waals surface area contributed by atoms with Gasteiger partial charge in [-0.2, -0.15) is 5.26 Å². The van der Waals surface area contributed by atoms with Gasteiger partial charge in [-0.3, -0.25) is 0 Å². The number of benzene rings is 9. The molecule has 5 heteroatoms. The molecule has 0 atom stereocenters. The van der Waals surface area contributed by atoms with Crippen LogP contribution < -0.4 is 0 Å². The summed E-state index contributed by atoms with van der Waals surface area (Å²) in [6.45, 7) is 0. The molecule has 0 saturated carbocycles. The summed E-state index contributed by atoms with van der Waals surface area (Å²) >= 11 is 1.70. The number of thiophene rings is 1. The van der Waals surface area contributed by atoms with Gasteiger partial charge in [0, 0.05) is 36.9 Å². The Morgan fingerprint density at radius 2 is 0.859 bits per heavy atom. The molecule has 11 aromatic rings. The fraction of sp³-hybridized carbons (Fsp3) is 0.0169. The van der Waals surface area contributed by atoms with Crippen molar-refractivity contribution in [3.05, 3.63) is 234 Å². The van der Waals surface area contributed by atoms with Crippen molar-refractivity contribution in [1.29, 1.82) is 5.26 Å². The Bertz CT molecular complexity index is 3720. The highest BCUT2D eigenvalue weighted by molar-refractivity contribution is 7.26. The van der Waals surface area contributed by atoms with Crippen LogP contribution in [-0.4, -0.2) is 15.0 Å². The summed E-state index contributed by atoms with van der Waals surface area (Å²) in [5, 5.41) is 11.8. The molecule has 0 amide bonds. The first-order valence-electron chi connectivity index (χ1n) is 21.5. The molecular weight excluding hydrogens is 797 g/mol. The molecule has 0 aliphatic heterocycles. The minimum absolute atomic E-state index is 0.359. The number of rotatable bonds is 5. The van der Waals surface area contributed by atoms with E-state index in [4.69, 9.17) is 15.0 Å². The smallest absolute Gasteiger partial charge is 0.165 e. The monoisotopic (exact) mass is 830 g/mol. The molecule has 0 saturated heterocycles. The second kappa shape index (κ2) is 14.1. The van der Waals surface area contributed by atoms with E-state index in [0.717, 1.165) is 53.6 Å². The van der Waals surface area contributed by atoms with Crippen molar-refractivity contribution in [1.82, 2.24) is 15.0 Å². The summed E-state index contributed by atoms with van der Waals surface area (Å²) in [6, 6.07) is 75.9. The van der Waals surface area contributed by atoms with Crippen LogP contribution in [0.1, 0.15) is 27.8 Å². The lowest BCUT2D eigenvalue weighted by molar-refractivity contribution is 0.794. The van der Waals surface area contributed by atoms with Gasteiger partial charge < -0.3 is 0 Å². The topological polar surface area (TPSA) is 62.5 Å². The van der Waals surface area contributed by atoms with Gasteiger partial charge in [0.15, 0.2) is 17.5 Å². The van der Waals surface area contributed by atoms with Gasteiger partial charge in [-0.1, -0.05) is 164 Å². The standard InChI is InChI=1S/C59H34N4S/c60-35-36-27-30-54-49(31-36)46-22-12-23-47(55(46)64-54)58-62-56(37-13-2-1-3-14-37)61-57(63-58)42-18-11-17-40(33-42)38-15-10-16-39(32-38)41-28-29-53-48(34-41)45-21-6-9-26-52(45)59(53)50-24-7-4-19-43(50)44-20-5-8-25-51(44)59/h1-34H. The predicted molar refractivity (Wildman–Crippen MR) is 261 cm³/mol. The molecule has 0 N–H and O–H groups in total. The van der Waals surface area contributed by atoms with Crippen LogP contribution in [0.3, 0.4) is 0 Å². The first kappa shape index (κ1) is 36.4. The number of aromatic nitrogens is 3. The van der Waals surface area contributed by atoms with Crippen LogP contribution >= 0.6 is 11.3 Å². The largest absolute Gasteiger partial charge is 0.208 e. The number of nitrogens with zero attached hydrogens (tertiary/aromatic N) is 4. The quantitative estimate of drug-likeness (QED) is 0.173. The average molecular weight is 831 g/mol. The maximum atomic E-state index is 9.64. The number of hydrogen-bond acceptors (Lipinski definition) is 5. The SMILES string of the molecule is N#Cc1ccc2sc3c(-c4nc(-c5ccccc5)nc(-c5cccc(-c6cccc(-c7ccc8c(c7)-c7ccccc7C87c8ccccc8-c8ccccc87)c6)c5)n4)cccc3c2c1. The van der Waals surface area contributed by atoms with Crippen molar-refractivity contribution in [3.63, 3.8) is 0 Å². The summed E-state index contributed by atoms with van der Waals surface area (Å²) < 4.78 is 2.20. The van der Waals surface area contributed by atoms with E-state index in [2.05, 4.69) is 158 Å². The molecule has 9 aromatic carbocycles. The average Bonchev–Trinajstić information content (AvgIpc) is 4.00. The third kappa shape index (κ3) is 5.37. The lowest BCUT2D eigenvalue weighted by Crippen LogP contribution is -2.25. The minimum atomic E-state index is -0.359. The van der Waals surface area contributed by atoms with Gasteiger partial charge in [0.2, 0.25) is 0 Å². The highest BCUT2D eigenvalue weighted by Crippen LogP contribution is 2.63. The molecule has 0 bridgehead atoms. The van der Waals surface area contributed by atoms with Crippen molar-refractivity contribution in [3.8, 4) is 84.7 Å². The van der Waals surface area contributed by atoms with E-state index in [0.29, 0.717) is 23.0 Å². The number of fused-ring (bicyclic) bond motifs is 13. The van der Waals surface area contributed by atoms with Crippen LogP contribution in [-0.2, 0) is 5.41 Å². The molecular formula is C59H34N4S. The maximum Gasteiger partial charge on any atom is 0.165 e. The Balaban J connectivity index is 0.912. The normalized spacial score (nSPS) is 12.8. The molecule has 2 aliphatic carbocycles. The van der Waals surface area contributed by atoms with Gasteiger partial charge in [0.05, 0.1) is 17.0 Å². The van der Waals surface area contributed by atoms with Gasteiger partial charge >= 0.3 is 0 Å². The first-order valence-corrected chi connectivity index (χ1v) is 22.3. The van der Waals surface area contributed by atoms with E-state index < -0.39 is 0 Å². The Hall–Kier alpha value is -8.30. The van der Waals surface area contributed by atoms with Crippen molar-refractivity contribution < 1.29 is 0 Å².